The van der Waals surface area contributed by atoms with E-state index in [0.717, 1.165) is 17.8 Å². The van der Waals surface area contributed by atoms with E-state index in [9.17, 15) is 4.79 Å². The maximum atomic E-state index is 12.2. The number of hydrogen-bond donors (Lipinski definition) is 1. The molecule has 2 aromatic carbocycles. The molecular formula is C18H17N3O. The lowest BCUT2D eigenvalue weighted by Crippen LogP contribution is -2.14. The van der Waals surface area contributed by atoms with Crippen LogP contribution in [0.3, 0.4) is 0 Å². The number of carbonyl (C=O) groups excluding carboxylic acids is 1. The highest BCUT2D eigenvalue weighted by Crippen LogP contribution is 2.19. The molecule has 3 aromatic rings. The highest BCUT2D eigenvalue weighted by molar-refractivity contribution is 5.92. The number of aryl methyl sites for hydroxylation is 1. The Morgan fingerprint density at radius 3 is 2.59 bits per heavy atom. The van der Waals surface area contributed by atoms with Gasteiger partial charge in [0, 0.05) is 18.8 Å². The molecule has 4 nitrogen and oxygen atoms in total. The van der Waals surface area contributed by atoms with Crippen molar-refractivity contribution in [2.45, 2.75) is 12.8 Å². The zero-order chi connectivity index (χ0) is 15.2. The first-order chi connectivity index (χ1) is 10.8. The van der Waals surface area contributed by atoms with Crippen molar-refractivity contribution in [1.29, 1.82) is 0 Å². The summed E-state index contributed by atoms with van der Waals surface area (Å²) in [6.07, 6.45) is 6.49. The fraction of sp³-hybridized carbons (Fsp3) is 0.111. The van der Waals surface area contributed by atoms with E-state index in [4.69, 9.17) is 0 Å². The van der Waals surface area contributed by atoms with Crippen LogP contribution in [0.5, 0.6) is 0 Å². The molecule has 1 amide bonds. The van der Waals surface area contributed by atoms with Crippen LogP contribution in [0.1, 0.15) is 12.0 Å². The summed E-state index contributed by atoms with van der Waals surface area (Å²) >= 11 is 0. The molecule has 0 radical (unpaired) electrons. The van der Waals surface area contributed by atoms with E-state index < -0.39 is 0 Å². The second-order valence-electron chi connectivity index (χ2n) is 5.02. The third-order valence-corrected chi connectivity index (χ3v) is 3.44. The average Bonchev–Trinajstić information content (AvgIpc) is 3.09. The number of amides is 1. The van der Waals surface area contributed by atoms with E-state index in [2.05, 4.69) is 10.3 Å². The lowest BCUT2D eigenvalue weighted by Gasteiger charge is -2.11. The molecular weight excluding hydrogens is 274 g/mol. The Balaban J connectivity index is 1.67. The van der Waals surface area contributed by atoms with Crippen LogP contribution in [-0.4, -0.2) is 15.5 Å². The topological polar surface area (TPSA) is 46.9 Å². The van der Waals surface area contributed by atoms with E-state index in [1.807, 2.05) is 65.4 Å². The van der Waals surface area contributed by atoms with Crippen LogP contribution in [0.2, 0.25) is 0 Å². The van der Waals surface area contributed by atoms with Crippen molar-refractivity contribution < 1.29 is 4.79 Å². The summed E-state index contributed by atoms with van der Waals surface area (Å²) in [6.45, 7) is 0. The monoisotopic (exact) mass is 291 g/mol. The molecule has 0 saturated carbocycles. The van der Waals surface area contributed by atoms with Crippen LogP contribution in [0, 0.1) is 0 Å². The summed E-state index contributed by atoms with van der Waals surface area (Å²) in [5.41, 5.74) is 2.87. The Kier molecular flexibility index (Phi) is 4.30. The van der Waals surface area contributed by atoms with Gasteiger partial charge in [-0.1, -0.05) is 42.5 Å². The molecule has 0 aliphatic rings. The fourth-order valence-corrected chi connectivity index (χ4v) is 2.32. The molecule has 0 atom stereocenters. The number of aromatic nitrogens is 2. The molecule has 0 spiro atoms. The van der Waals surface area contributed by atoms with Crippen LogP contribution in [-0.2, 0) is 11.2 Å². The number of imidazole rings is 1. The van der Waals surface area contributed by atoms with Crippen molar-refractivity contribution >= 4 is 11.6 Å². The van der Waals surface area contributed by atoms with Crippen molar-refractivity contribution in [3.63, 3.8) is 0 Å². The van der Waals surface area contributed by atoms with Crippen LogP contribution in [0.4, 0.5) is 5.69 Å². The van der Waals surface area contributed by atoms with Crippen LogP contribution < -0.4 is 5.32 Å². The van der Waals surface area contributed by atoms with Crippen molar-refractivity contribution in [2.75, 3.05) is 5.32 Å². The maximum absolute atomic E-state index is 12.2. The molecule has 0 saturated heterocycles. The van der Waals surface area contributed by atoms with E-state index in [0.29, 0.717) is 6.42 Å². The van der Waals surface area contributed by atoms with Gasteiger partial charge in [-0.15, -0.1) is 0 Å². The largest absolute Gasteiger partial charge is 0.324 e. The van der Waals surface area contributed by atoms with Crippen molar-refractivity contribution in [2.24, 2.45) is 0 Å². The average molecular weight is 291 g/mol. The second kappa shape index (κ2) is 6.72. The molecule has 0 fully saturated rings. The number of para-hydroxylation sites is 2. The van der Waals surface area contributed by atoms with Crippen LogP contribution in [0.15, 0.2) is 73.3 Å². The van der Waals surface area contributed by atoms with Gasteiger partial charge in [0.1, 0.15) is 0 Å². The Labute approximate surface area is 129 Å². The van der Waals surface area contributed by atoms with Gasteiger partial charge in [-0.25, -0.2) is 4.98 Å². The van der Waals surface area contributed by atoms with Crippen LogP contribution in [0.25, 0.3) is 5.69 Å². The lowest BCUT2D eigenvalue weighted by molar-refractivity contribution is -0.116. The smallest absolute Gasteiger partial charge is 0.224 e. The molecule has 0 bridgehead atoms. The zero-order valence-corrected chi connectivity index (χ0v) is 12.1. The SMILES string of the molecule is O=C(CCc1ccccc1)Nc1ccccc1-n1ccnc1. The summed E-state index contributed by atoms with van der Waals surface area (Å²) in [7, 11) is 0. The van der Waals surface area contributed by atoms with Gasteiger partial charge in [-0.3, -0.25) is 4.79 Å². The predicted octanol–water partition coefficient (Wildman–Crippen LogP) is 3.44. The van der Waals surface area contributed by atoms with Gasteiger partial charge in [0.2, 0.25) is 5.91 Å². The minimum absolute atomic E-state index is 0.0106. The molecule has 110 valence electrons. The Morgan fingerprint density at radius 2 is 1.82 bits per heavy atom. The summed E-state index contributed by atoms with van der Waals surface area (Å²) in [4.78, 5) is 16.2. The fourth-order valence-electron chi connectivity index (χ4n) is 2.32. The summed E-state index contributed by atoms with van der Waals surface area (Å²) < 4.78 is 1.88. The van der Waals surface area contributed by atoms with Gasteiger partial charge in [0.25, 0.3) is 0 Å². The summed E-state index contributed by atoms with van der Waals surface area (Å²) in [6, 6.07) is 17.7. The number of nitrogens with one attached hydrogen (secondary N) is 1. The Morgan fingerprint density at radius 1 is 1.05 bits per heavy atom. The lowest BCUT2D eigenvalue weighted by atomic mass is 10.1. The first-order valence-electron chi connectivity index (χ1n) is 7.24. The predicted molar refractivity (Wildman–Crippen MR) is 87.0 cm³/mol. The quantitative estimate of drug-likeness (QED) is 0.782. The first kappa shape index (κ1) is 14.1. The molecule has 1 heterocycles. The molecule has 0 unspecified atom stereocenters. The van der Waals surface area contributed by atoms with E-state index in [1.54, 1.807) is 12.5 Å². The maximum Gasteiger partial charge on any atom is 0.224 e. The number of benzene rings is 2. The number of nitrogens with zero attached hydrogens (tertiary/aromatic N) is 2. The number of carbonyl (C=O) groups is 1. The first-order valence-corrected chi connectivity index (χ1v) is 7.24. The van der Waals surface area contributed by atoms with Gasteiger partial charge in [0.05, 0.1) is 17.7 Å². The second-order valence-corrected chi connectivity index (χ2v) is 5.02. The molecule has 0 aliphatic heterocycles. The molecule has 3 rings (SSSR count). The number of rotatable bonds is 5. The van der Waals surface area contributed by atoms with Gasteiger partial charge in [0.15, 0.2) is 0 Å². The van der Waals surface area contributed by atoms with E-state index in [1.165, 1.54) is 5.56 Å². The minimum Gasteiger partial charge on any atom is -0.324 e. The third-order valence-electron chi connectivity index (χ3n) is 3.44. The highest BCUT2D eigenvalue weighted by atomic mass is 16.1. The van der Waals surface area contributed by atoms with Crippen LogP contribution >= 0.6 is 0 Å². The molecule has 4 heteroatoms. The minimum atomic E-state index is 0.0106. The number of hydrogen-bond acceptors (Lipinski definition) is 2. The molecule has 22 heavy (non-hydrogen) atoms. The molecule has 0 aliphatic carbocycles. The normalized spacial score (nSPS) is 10.4. The van der Waals surface area contributed by atoms with Gasteiger partial charge in [-0.05, 0) is 24.1 Å². The van der Waals surface area contributed by atoms with Crippen molar-refractivity contribution in [3.05, 3.63) is 78.9 Å². The van der Waals surface area contributed by atoms with Crippen molar-refractivity contribution in [1.82, 2.24) is 9.55 Å². The van der Waals surface area contributed by atoms with E-state index in [-0.39, 0.29) is 5.91 Å². The molecule has 1 aromatic heterocycles. The van der Waals surface area contributed by atoms with Gasteiger partial charge in [-0.2, -0.15) is 0 Å². The summed E-state index contributed by atoms with van der Waals surface area (Å²) in [5, 5.41) is 2.98. The van der Waals surface area contributed by atoms with E-state index >= 15 is 0 Å². The Bertz CT molecular complexity index is 736. The Hall–Kier alpha value is -2.88. The highest BCUT2D eigenvalue weighted by Gasteiger charge is 2.08. The third kappa shape index (κ3) is 3.41. The molecule has 1 N–H and O–H groups in total. The summed E-state index contributed by atoms with van der Waals surface area (Å²) in [5.74, 6) is 0.0106. The van der Waals surface area contributed by atoms with Crippen molar-refractivity contribution in [3.8, 4) is 5.69 Å². The van der Waals surface area contributed by atoms with Gasteiger partial charge >= 0.3 is 0 Å². The van der Waals surface area contributed by atoms with Gasteiger partial charge < -0.3 is 9.88 Å². The number of anilines is 1. The zero-order valence-electron chi connectivity index (χ0n) is 12.1. The standard InChI is InChI=1S/C18H17N3O/c22-18(11-10-15-6-2-1-3-7-15)20-16-8-4-5-9-17(16)21-13-12-19-14-21/h1-9,12-14H,10-11H2,(H,20,22).